The lowest BCUT2D eigenvalue weighted by Gasteiger charge is -2.23. The first-order chi connectivity index (χ1) is 7.86. The first-order valence-electron chi connectivity index (χ1n) is 5.44. The Kier molecular flexibility index (Phi) is 2.43. The van der Waals surface area contributed by atoms with Gasteiger partial charge >= 0.3 is 0 Å². The van der Waals surface area contributed by atoms with Gasteiger partial charge in [-0.25, -0.2) is 9.37 Å². The van der Waals surface area contributed by atoms with E-state index in [0.717, 1.165) is 5.82 Å². The van der Waals surface area contributed by atoms with Crippen LogP contribution >= 0.6 is 0 Å². The van der Waals surface area contributed by atoms with Crippen LogP contribution in [0.4, 0.5) is 4.39 Å². The summed E-state index contributed by atoms with van der Waals surface area (Å²) in [7, 11) is 0. The number of aromatic nitrogens is 2. The van der Waals surface area contributed by atoms with Crippen molar-refractivity contribution in [2.75, 3.05) is 0 Å². The molecule has 1 heterocycles. The van der Waals surface area contributed by atoms with Crippen molar-refractivity contribution < 1.29 is 4.39 Å². The van der Waals surface area contributed by atoms with Gasteiger partial charge in [0.25, 0.3) is 0 Å². The van der Waals surface area contributed by atoms with E-state index in [2.05, 4.69) is 4.98 Å². The van der Waals surface area contributed by atoms with Gasteiger partial charge in [0, 0.05) is 5.54 Å². The summed E-state index contributed by atoms with van der Waals surface area (Å²) >= 11 is 0. The van der Waals surface area contributed by atoms with Crippen LogP contribution in [0.3, 0.4) is 0 Å². The largest absolute Gasteiger partial charge is 0.320 e. The zero-order chi connectivity index (χ0) is 12.8. The standard InChI is InChI=1S/C13H14FN3/c1-8-16-10-6-5-9(7-15)11(14)12(10)17(8)13(2,3)4/h5-6H,1-4H3. The zero-order valence-electron chi connectivity index (χ0n) is 10.4. The molecule has 0 fully saturated rings. The molecular formula is C13H14FN3. The third-order valence-electron chi connectivity index (χ3n) is 2.72. The second-order valence-corrected chi connectivity index (χ2v) is 5.07. The van der Waals surface area contributed by atoms with Crippen molar-refractivity contribution in [3.8, 4) is 6.07 Å². The van der Waals surface area contributed by atoms with Crippen LogP contribution in [0.15, 0.2) is 12.1 Å². The number of fused-ring (bicyclic) bond motifs is 1. The fourth-order valence-corrected chi connectivity index (χ4v) is 2.15. The van der Waals surface area contributed by atoms with E-state index in [0.29, 0.717) is 11.0 Å². The predicted molar refractivity (Wildman–Crippen MR) is 64.1 cm³/mol. The highest BCUT2D eigenvalue weighted by molar-refractivity contribution is 5.79. The summed E-state index contributed by atoms with van der Waals surface area (Å²) in [6.07, 6.45) is 0. The SMILES string of the molecule is Cc1nc2ccc(C#N)c(F)c2n1C(C)(C)C. The highest BCUT2D eigenvalue weighted by Crippen LogP contribution is 2.28. The Morgan fingerprint density at radius 1 is 1.35 bits per heavy atom. The Morgan fingerprint density at radius 3 is 2.53 bits per heavy atom. The first kappa shape index (κ1) is 11.6. The van der Waals surface area contributed by atoms with E-state index in [-0.39, 0.29) is 11.1 Å². The van der Waals surface area contributed by atoms with Crippen molar-refractivity contribution in [1.29, 1.82) is 5.26 Å². The van der Waals surface area contributed by atoms with Gasteiger partial charge in [0.05, 0.1) is 11.1 Å². The Labute approximate surface area is 99.5 Å². The quantitative estimate of drug-likeness (QED) is 0.699. The molecule has 0 aliphatic heterocycles. The molecule has 88 valence electrons. The Morgan fingerprint density at radius 2 is 2.00 bits per heavy atom. The molecule has 0 bridgehead atoms. The van der Waals surface area contributed by atoms with Gasteiger partial charge in [-0.2, -0.15) is 5.26 Å². The van der Waals surface area contributed by atoms with Gasteiger partial charge in [0.15, 0.2) is 5.82 Å². The highest BCUT2D eigenvalue weighted by atomic mass is 19.1. The third-order valence-corrected chi connectivity index (χ3v) is 2.72. The zero-order valence-corrected chi connectivity index (χ0v) is 10.4. The van der Waals surface area contributed by atoms with Crippen LogP contribution in [-0.2, 0) is 5.54 Å². The van der Waals surface area contributed by atoms with Gasteiger partial charge in [-0.1, -0.05) is 0 Å². The molecule has 0 unspecified atom stereocenters. The third kappa shape index (κ3) is 1.68. The van der Waals surface area contributed by atoms with Crippen LogP contribution in [0.1, 0.15) is 32.2 Å². The fraction of sp³-hybridized carbons (Fsp3) is 0.385. The average Bonchev–Trinajstić information content (AvgIpc) is 2.55. The van der Waals surface area contributed by atoms with Gasteiger partial charge in [0.2, 0.25) is 0 Å². The maximum atomic E-state index is 14.2. The van der Waals surface area contributed by atoms with Crippen molar-refractivity contribution in [2.24, 2.45) is 0 Å². The minimum absolute atomic E-state index is 0.0582. The Bertz CT molecular complexity index is 627. The second-order valence-electron chi connectivity index (χ2n) is 5.07. The molecule has 0 aliphatic rings. The highest BCUT2D eigenvalue weighted by Gasteiger charge is 2.22. The number of benzene rings is 1. The Balaban J connectivity index is 2.94. The molecule has 1 aromatic carbocycles. The molecule has 0 amide bonds. The van der Waals surface area contributed by atoms with Crippen molar-refractivity contribution in [3.05, 3.63) is 29.3 Å². The maximum absolute atomic E-state index is 14.2. The maximum Gasteiger partial charge on any atom is 0.166 e. The minimum atomic E-state index is -0.486. The molecule has 3 nitrogen and oxygen atoms in total. The predicted octanol–water partition coefficient (Wildman–Crippen LogP) is 3.11. The minimum Gasteiger partial charge on any atom is -0.320 e. The van der Waals surface area contributed by atoms with Crippen LogP contribution in [-0.4, -0.2) is 9.55 Å². The number of rotatable bonds is 0. The topological polar surface area (TPSA) is 41.6 Å². The Hall–Kier alpha value is -1.89. The van der Waals surface area contributed by atoms with Gasteiger partial charge < -0.3 is 4.57 Å². The lowest BCUT2D eigenvalue weighted by Crippen LogP contribution is -2.23. The molecule has 1 aromatic heterocycles. The van der Waals surface area contributed by atoms with Crippen molar-refractivity contribution in [3.63, 3.8) is 0 Å². The van der Waals surface area contributed by atoms with E-state index < -0.39 is 5.82 Å². The molecule has 0 aliphatic carbocycles. The molecule has 0 radical (unpaired) electrons. The summed E-state index contributed by atoms with van der Waals surface area (Å²) in [6.45, 7) is 7.80. The summed E-state index contributed by atoms with van der Waals surface area (Å²) in [5, 5.41) is 8.86. The number of aryl methyl sites for hydroxylation is 1. The number of hydrogen-bond donors (Lipinski definition) is 0. The average molecular weight is 231 g/mol. The molecule has 0 saturated carbocycles. The number of imidazole rings is 1. The van der Waals surface area contributed by atoms with E-state index in [1.807, 2.05) is 38.3 Å². The van der Waals surface area contributed by atoms with Gasteiger partial charge in [-0.05, 0) is 39.8 Å². The molecule has 0 N–H and O–H groups in total. The molecule has 0 saturated heterocycles. The molecule has 17 heavy (non-hydrogen) atoms. The summed E-state index contributed by atoms with van der Waals surface area (Å²) in [5.41, 5.74) is 0.791. The fourth-order valence-electron chi connectivity index (χ4n) is 2.15. The van der Waals surface area contributed by atoms with E-state index in [1.165, 1.54) is 6.07 Å². The molecule has 0 atom stereocenters. The smallest absolute Gasteiger partial charge is 0.166 e. The molecule has 2 aromatic rings. The molecule has 4 heteroatoms. The van der Waals surface area contributed by atoms with Crippen molar-refractivity contribution in [1.82, 2.24) is 9.55 Å². The van der Waals surface area contributed by atoms with E-state index in [1.54, 1.807) is 6.07 Å². The summed E-state index contributed by atoms with van der Waals surface area (Å²) < 4.78 is 16.0. The lowest BCUT2D eigenvalue weighted by atomic mass is 10.1. The number of hydrogen-bond acceptors (Lipinski definition) is 2. The number of halogens is 1. The molecule has 0 spiro atoms. The van der Waals surface area contributed by atoms with Crippen molar-refractivity contribution >= 4 is 11.0 Å². The van der Waals surface area contributed by atoms with Gasteiger partial charge in [-0.3, -0.25) is 0 Å². The van der Waals surface area contributed by atoms with Gasteiger partial charge in [0.1, 0.15) is 17.4 Å². The normalized spacial score (nSPS) is 11.8. The summed E-state index contributed by atoms with van der Waals surface area (Å²) in [4.78, 5) is 4.33. The first-order valence-corrected chi connectivity index (χ1v) is 5.44. The molecule has 2 rings (SSSR count). The number of nitriles is 1. The van der Waals surface area contributed by atoms with Crippen LogP contribution in [0.25, 0.3) is 11.0 Å². The van der Waals surface area contributed by atoms with Crippen LogP contribution < -0.4 is 0 Å². The van der Waals surface area contributed by atoms with E-state index in [9.17, 15) is 4.39 Å². The molecular weight excluding hydrogens is 217 g/mol. The number of nitrogens with zero attached hydrogens (tertiary/aromatic N) is 3. The lowest BCUT2D eigenvalue weighted by molar-refractivity contribution is 0.395. The summed E-state index contributed by atoms with van der Waals surface area (Å²) in [5.74, 6) is 0.266. The van der Waals surface area contributed by atoms with Crippen LogP contribution in [0.5, 0.6) is 0 Å². The van der Waals surface area contributed by atoms with Gasteiger partial charge in [-0.15, -0.1) is 0 Å². The monoisotopic (exact) mass is 231 g/mol. The summed E-state index contributed by atoms with van der Waals surface area (Å²) in [6, 6.07) is 5.02. The second kappa shape index (κ2) is 3.56. The van der Waals surface area contributed by atoms with E-state index in [4.69, 9.17) is 5.26 Å². The van der Waals surface area contributed by atoms with Crippen LogP contribution in [0, 0.1) is 24.1 Å². The van der Waals surface area contributed by atoms with Crippen molar-refractivity contribution in [2.45, 2.75) is 33.2 Å². The van der Waals surface area contributed by atoms with E-state index >= 15 is 0 Å². The van der Waals surface area contributed by atoms with Crippen LogP contribution in [0.2, 0.25) is 0 Å².